The Balaban J connectivity index is 2.31. The molecule has 2 rings (SSSR count). The minimum absolute atomic E-state index is 0.113. The van der Waals surface area contributed by atoms with Gasteiger partial charge in [0.2, 0.25) is 0 Å². The predicted molar refractivity (Wildman–Crippen MR) is 77.0 cm³/mol. The van der Waals surface area contributed by atoms with Crippen molar-refractivity contribution in [2.24, 2.45) is 0 Å². The number of hydrogen-bond acceptors (Lipinski definition) is 4. The maximum Gasteiger partial charge on any atom is 0.416 e. The summed E-state index contributed by atoms with van der Waals surface area (Å²) in [6.45, 7) is 2.00. The molecule has 0 saturated carbocycles. The lowest BCUT2D eigenvalue weighted by molar-refractivity contribution is -0.139. The van der Waals surface area contributed by atoms with Gasteiger partial charge in [-0.15, -0.1) is 0 Å². The molecule has 7 heteroatoms. The second-order valence-corrected chi connectivity index (χ2v) is 7.19. The van der Waals surface area contributed by atoms with E-state index in [-0.39, 0.29) is 16.1 Å². The Labute approximate surface area is 124 Å². The summed E-state index contributed by atoms with van der Waals surface area (Å²) in [6.07, 6.45) is -2.52. The molecule has 0 amide bonds. The molecule has 3 unspecified atom stereocenters. The molecule has 0 radical (unpaired) electrons. The van der Waals surface area contributed by atoms with Crippen LogP contribution < -0.4 is 0 Å². The van der Waals surface area contributed by atoms with Gasteiger partial charge in [0.15, 0.2) is 0 Å². The Morgan fingerprint density at radius 1 is 1.40 bits per heavy atom. The Morgan fingerprint density at radius 3 is 2.75 bits per heavy atom. The highest BCUT2D eigenvalue weighted by molar-refractivity contribution is 8.07. The van der Waals surface area contributed by atoms with Crippen LogP contribution in [-0.2, 0) is 6.18 Å². The van der Waals surface area contributed by atoms with Gasteiger partial charge in [-0.05, 0) is 12.5 Å². The fourth-order valence-electron chi connectivity index (χ4n) is 2.31. The standard InChI is InChI=1S/C13H16F3NOS2/c1-2-10-12(20-6-5-19-10)11(18)8-7-17-4-3-9(8)13(14,15)16/h3-4,7,10-12,18H,2,5-6H2,1H3. The first kappa shape index (κ1) is 16.0. The van der Waals surface area contributed by atoms with Gasteiger partial charge in [-0.3, -0.25) is 4.98 Å². The minimum atomic E-state index is -4.46. The van der Waals surface area contributed by atoms with Gasteiger partial charge in [0, 0.05) is 40.0 Å². The van der Waals surface area contributed by atoms with Crippen molar-refractivity contribution in [2.45, 2.75) is 36.1 Å². The van der Waals surface area contributed by atoms with Crippen LogP contribution in [0.5, 0.6) is 0 Å². The fraction of sp³-hybridized carbons (Fsp3) is 0.615. The first-order valence-corrected chi connectivity index (χ1v) is 8.47. The van der Waals surface area contributed by atoms with Gasteiger partial charge in [0.25, 0.3) is 0 Å². The van der Waals surface area contributed by atoms with Gasteiger partial charge < -0.3 is 5.11 Å². The number of halogens is 3. The van der Waals surface area contributed by atoms with Gasteiger partial charge in [-0.25, -0.2) is 0 Å². The number of rotatable bonds is 3. The Bertz CT molecular complexity index is 455. The number of aliphatic hydroxyl groups excluding tert-OH is 1. The molecule has 0 bridgehead atoms. The van der Waals surface area contributed by atoms with Gasteiger partial charge in [-0.2, -0.15) is 36.7 Å². The third-order valence-electron chi connectivity index (χ3n) is 3.28. The smallest absolute Gasteiger partial charge is 0.387 e. The quantitative estimate of drug-likeness (QED) is 0.918. The van der Waals surface area contributed by atoms with E-state index in [4.69, 9.17) is 0 Å². The van der Waals surface area contributed by atoms with Crippen molar-refractivity contribution in [3.8, 4) is 0 Å². The van der Waals surface area contributed by atoms with Crippen LogP contribution in [0.1, 0.15) is 30.6 Å². The highest BCUT2D eigenvalue weighted by Crippen LogP contribution is 2.43. The second-order valence-electron chi connectivity index (χ2n) is 4.56. The molecule has 1 fully saturated rings. The van der Waals surface area contributed by atoms with Crippen LogP contribution in [0.3, 0.4) is 0 Å². The third kappa shape index (κ3) is 3.43. The summed E-state index contributed by atoms with van der Waals surface area (Å²) in [5, 5.41) is 10.4. The van der Waals surface area contributed by atoms with Crippen molar-refractivity contribution in [3.05, 3.63) is 29.6 Å². The van der Waals surface area contributed by atoms with Crippen molar-refractivity contribution >= 4 is 23.5 Å². The van der Waals surface area contributed by atoms with Crippen LogP contribution >= 0.6 is 23.5 Å². The van der Waals surface area contributed by atoms with E-state index >= 15 is 0 Å². The van der Waals surface area contributed by atoms with Crippen LogP contribution in [0, 0.1) is 0 Å². The molecular weight excluding hydrogens is 307 g/mol. The van der Waals surface area contributed by atoms with Gasteiger partial charge in [0.05, 0.1) is 11.7 Å². The van der Waals surface area contributed by atoms with Crippen LogP contribution in [0.25, 0.3) is 0 Å². The van der Waals surface area contributed by atoms with Crippen molar-refractivity contribution < 1.29 is 18.3 Å². The van der Waals surface area contributed by atoms with Crippen LogP contribution in [0.15, 0.2) is 18.5 Å². The summed E-state index contributed by atoms with van der Waals surface area (Å²) in [7, 11) is 0. The molecule has 0 spiro atoms. The van der Waals surface area contributed by atoms with Gasteiger partial charge >= 0.3 is 6.18 Å². The van der Waals surface area contributed by atoms with Crippen molar-refractivity contribution in [1.29, 1.82) is 0 Å². The maximum atomic E-state index is 13.0. The molecule has 2 heterocycles. The van der Waals surface area contributed by atoms with E-state index in [2.05, 4.69) is 4.98 Å². The zero-order chi connectivity index (χ0) is 14.8. The highest BCUT2D eigenvalue weighted by atomic mass is 32.2. The maximum absolute atomic E-state index is 13.0. The van der Waals surface area contributed by atoms with Crippen LogP contribution in [0.4, 0.5) is 13.2 Å². The summed E-state index contributed by atoms with van der Waals surface area (Å²) < 4.78 is 39.0. The van der Waals surface area contributed by atoms with E-state index in [0.717, 1.165) is 36.4 Å². The molecule has 1 aliphatic rings. The molecule has 2 nitrogen and oxygen atoms in total. The summed E-state index contributed by atoms with van der Waals surface area (Å²) in [6, 6.07) is 0.931. The fourth-order valence-corrected chi connectivity index (χ4v) is 5.43. The van der Waals surface area contributed by atoms with E-state index in [1.165, 1.54) is 0 Å². The summed E-state index contributed by atoms with van der Waals surface area (Å²) in [5.74, 6) is 1.83. The van der Waals surface area contributed by atoms with E-state index in [9.17, 15) is 18.3 Å². The molecule has 0 aromatic carbocycles. The normalized spacial score (nSPS) is 25.4. The number of alkyl halides is 3. The van der Waals surface area contributed by atoms with E-state index < -0.39 is 17.8 Å². The van der Waals surface area contributed by atoms with Crippen molar-refractivity contribution in [2.75, 3.05) is 11.5 Å². The zero-order valence-corrected chi connectivity index (χ0v) is 12.6. The predicted octanol–water partition coefficient (Wildman–Crippen LogP) is 3.76. The number of aliphatic hydroxyl groups is 1. The molecule has 112 valence electrons. The third-order valence-corrected chi connectivity index (χ3v) is 6.62. The molecule has 1 aliphatic heterocycles. The first-order chi connectivity index (χ1) is 9.45. The number of nitrogens with zero attached hydrogens (tertiary/aromatic N) is 1. The largest absolute Gasteiger partial charge is 0.416 e. The van der Waals surface area contributed by atoms with Crippen molar-refractivity contribution in [3.63, 3.8) is 0 Å². The lowest BCUT2D eigenvalue weighted by Crippen LogP contribution is -2.32. The SMILES string of the molecule is CCC1SCCSC1C(O)c1cnccc1C(F)(F)F. The average molecular weight is 323 g/mol. The topological polar surface area (TPSA) is 33.1 Å². The molecule has 1 N–H and O–H groups in total. The summed E-state index contributed by atoms with van der Waals surface area (Å²) in [5.41, 5.74) is -0.899. The molecule has 1 saturated heterocycles. The molecule has 3 atom stereocenters. The Morgan fingerprint density at radius 2 is 2.10 bits per heavy atom. The van der Waals surface area contributed by atoms with E-state index in [1.54, 1.807) is 23.5 Å². The summed E-state index contributed by atoms with van der Waals surface area (Å²) >= 11 is 3.28. The lowest BCUT2D eigenvalue weighted by atomic mass is 9.99. The molecular formula is C13H16F3NOS2. The van der Waals surface area contributed by atoms with E-state index in [0.29, 0.717) is 0 Å². The first-order valence-electron chi connectivity index (χ1n) is 6.37. The molecule has 20 heavy (non-hydrogen) atoms. The zero-order valence-electron chi connectivity index (χ0n) is 10.9. The number of aromatic nitrogens is 1. The average Bonchev–Trinajstić information content (AvgIpc) is 2.45. The van der Waals surface area contributed by atoms with Crippen LogP contribution in [0.2, 0.25) is 0 Å². The molecule has 1 aromatic rings. The number of pyridine rings is 1. The Kier molecular flexibility index (Phi) is 5.25. The summed E-state index contributed by atoms with van der Waals surface area (Å²) in [4.78, 5) is 3.75. The molecule has 0 aliphatic carbocycles. The van der Waals surface area contributed by atoms with Crippen molar-refractivity contribution in [1.82, 2.24) is 4.98 Å². The lowest BCUT2D eigenvalue weighted by Gasteiger charge is -2.34. The number of hydrogen-bond donors (Lipinski definition) is 1. The highest BCUT2D eigenvalue weighted by Gasteiger charge is 2.39. The van der Waals surface area contributed by atoms with Crippen LogP contribution in [-0.4, -0.2) is 32.1 Å². The van der Waals surface area contributed by atoms with Gasteiger partial charge in [0.1, 0.15) is 0 Å². The second kappa shape index (κ2) is 6.58. The van der Waals surface area contributed by atoms with Gasteiger partial charge in [-0.1, -0.05) is 6.92 Å². The minimum Gasteiger partial charge on any atom is -0.387 e. The molecule has 1 aromatic heterocycles. The monoisotopic (exact) mass is 323 g/mol. The van der Waals surface area contributed by atoms with E-state index in [1.807, 2.05) is 6.92 Å². The Hall–Kier alpha value is -0.400. The number of thioether (sulfide) groups is 2.